The zero-order chi connectivity index (χ0) is 12.6. The van der Waals surface area contributed by atoms with Gasteiger partial charge in [0.05, 0.1) is 15.7 Å². The number of anilines is 1. The minimum atomic E-state index is -0.590. The maximum atomic E-state index is 13.4. The van der Waals surface area contributed by atoms with Crippen molar-refractivity contribution in [3.05, 3.63) is 28.0 Å². The molecule has 0 bridgehead atoms. The van der Waals surface area contributed by atoms with E-state index >= 15 is 0 Å². The molecule has 2 nitrogen and oxygen atoms in total. The van der Waals surface area contributed by atoms with Gasteiger partial charge in [0.15, 0.2) is 0 Å². The van der Waals surface area contributed by atoms with Gasteiger partial charge in [0, 0.05) is 24.9 Å². The first-order valence-electron chi connectivity index (χ1n) is 5.03. The molecule has 2 rings (SSSR count). The molecule has 1 aliphatic rings. The van der Waals surface area contributed by atoms with E-state index in [0.29, 0.717) is 24.5 Å². The van der Waals surface area contributed by atoms with E-state index in [1.165, 1.54) is 17.0 Å². The Balaban J connectivity index is 2.35. The predicted octanol–water partition coefficient (Wildman–Crippen LogP) is 3.72. The van der Waals surface area contributed by atoms with E-state index in [9.17, 15) is 9.18 Å². The molecular weight excluding hydrogens is 287 g/mol. The molecule has 1 aliphatic heterocycles. The highest BCUT2D eigenvalue weighted by Gasteiger charge is 2.31. The monoisotopic (exact) mass is 295 g/mol. The molecule has 1 saturated heterocycles. The molecule has 1 aromatic rings. The van der Waals surface area contributed by atoms with Crippen LogP contribution in [0.5, 0.6) is 0 Å². The summed E-state index contributed by atoms with van der Waals surface area (Å²) in [7, 11) is 0. The molecule has 1 heterocycles. The van der Waals surface area contributed by atoms with Crippen LogP contribution in [0.25, 0.3) is 0 Å². The number of carbonyl (C=O) groups is 1. The van der Waals surface area contributed by atoms with Crippen LogP contribution in [-0.2, 0) is 4.79 Å². The first-order chi connectivity index (χ1) is 8.02. The van der Waals surface area contributed by atoms with E-state index in [0.717, 1.165) is 0 Å². The van der Waals surface area contributed by atoms with Gasteiger partial charge in [-0.3, -0.25) is 4.79 Å². The molecule has 6 heteroatoms. The average molecular weight is 297 g/mol. The van der Waals surface area contributed by atoms with Crippen molar-refractivity contribution < 1.29 is 9.18 Å². The van der Waals surface area contributed by atoms with Crippen molar-refractivity contribution in [2.24, 2.45) is 5.92 Å². The lowest BCUT2D eigenvalue weighted by Gasteiger charge is -2.18. The number of hydrogen-bond acceptors (Lipinski definition) is 1. The quantitative estimate of drug-likeness (QED) is 0.601. The molecule has 0 aromatic heterocycles. The SMILES string of the molecule is O=C1CC(CCl)CN1c1cc(F)c(Cl)cc1Cl. The zero-order valence-electron chi connectivity index (χ0n) is 8.72. The second-order valence-corrected chi connectivity index (χ2v) is 5.07. The van der Waals surface area contributed by atoms with Crippen LogP contribution >= 0.6 is 34.8 Å². The Hall–Kier alpha value is -0.510. The smallest absolute Gasteiger partial charge is 0.227 e. The highest BCUT2D eigenvalue weighted by Crippen LogP contribution is 2.34. The molecule has 1 fully saturated rings. The summed E-state index contributed by atoms with van der Waals surface area (Å²) in [5.41, 5.74) is 0.353. The van der Waals surface area contributed by atoms with Crippen molar-refractivity contribution >= 4 is 46.4 Å². The van der Waals surface area contributed by atoms with Crippen molar-refractivity contribution in [3.8, 4) is 0 Å². The van der Waals surface area contributed by atoms with E-state index in [-0.39, 0.29) is 21.9 Å². The molecular formula is C11H9Cl3FNO. The topological polar surface area (TPSA) is 20.3 Å². The maximum Gasteiger partial charge on any atom is 0.227 e. The maximum absolute atomic E-state index is 13.4. The van der Waals surface area contributed by atoms with Crippen LogP contribution in [0.4, 0.5) is 10.1 Å². The molecule has 92 valence electrons. The lowest BCUT2D eigenvalue weighted by molar-refractivity contribution is -0.117. The van der Waals surface area contributed by atoms with Crippen LogP contribution in [-0.4, -0.2) is 18.3 Å². The molecule has 0 aliphatic carbocycles. The van der Waals surface area contributed by atoms with Gasteiger partial charge in [-0.05, 0) is 12.0 Å². The van der Waals surface area contributed by atoms with Gasteiger partial charge in [0.25, 0.3) is 0 Å². The Bertz CT molecular complexity index is 466. The first kappa shape index (κ1) is 12.9. The second kappa shape index (κ2) is 5.01. The second-order valence-electron chi connectivity index (χ2n) is 3.95. The van der Waals surface area contributed by atoms with Crippen LogP contribution < -0.4 is 4.90 Å². The number of amides is 1. The number of hydrogen-bond donors (Lipinski definition) is 0. The van der Waals surface area contributed by atoms with Gasteiger partial charge in [-0.25, -0.2) is 4.39 Å². The standard InChI is InChI=1S/C11H9Cl3FNO/c12-4-6-1-11(17)16(5-6)10-3-9(15)7(13)2-8(10)14/h2-3,6H,1,4-5H2. The van der Waals surface area contributed by atoms with Crippen LogP contribution in [0, 0.1) is 11.7 Å². The van der Waals surface area contributed by atoms with Crippen LogP contribution in [0.3, 0.4) is 0 Å². The van der Waals surface area contributed by atoms with E-state index in [1.807, 2.05) is 0 Å². The van der Waals surface area contributed by atoms with E-state index < -0.39 is 5.82 Å². The highest BCUT2D eigenvalue weighted by molar-refractivity contribution is 6.37. The number of benzene rings is 1. The summed E-state index contributed by atoms with van der Waals surface area (Å²) in [6.07, 6.45) is 0.365. The van der Waals surface area contributed by atoms with Gasteiger partial charge in [0.2, 0.25) is 5.91 Å². The number of rotatable bonds is 2. The van der Waals surface area contributed by atoms with Crippen molar-refractivity contribution in [1.82, 2.24) is 0 Å². The molecule has 1 unspecified atom stereocenters. The van der Waals surface area contributed by atoms with Crippen LogP contribution in [0.2, 0.25) is 10.0 Å². The third kappa shape index (κ3) is 2.51. The summed E-state index contributed by atoms with van der Waals surface area (Å²) in [6.45, 7) is 0.461. The Kier molecular flexibility index (Phi) is 3.81. The van der Waals surface area contributed by atoms with Gasteiger partial charge in [0.1, 0.15) is 5.82 Å². The first-order valence-corrected chi connectivity index (χ1v) is 6.33. The Morgan fingerprint density at radius 2 is 2.06 bits per heavy atom. The summed E-state index contributed by atoms with van der Waals surface area (Å²) in [4.78, 5) is 13.2. The van der Waals surface area contributed by atoms with E-state index in [2.05, 4.69) is 0 Å². The molecule has 0 spiro atoms. The summed E-state index contributed by atoms with van der Waals surface area (Å²) in [5.74, 6) is -0.206. The van der Waals surface area contributed by atoms with Gasteiger partial charge in [-0.1, -0.05) is 23.2 Å². The lowest BCUT2D eigenvalue weighted by atomic mass is 10.1. The van der Waals surface area contributed by atoms with Gasteiger partial charge in [-0.15, -0.1) is 11.6 Å². The fraction of sp³-hybridized carbons (Fsp3) is 0.364. The average Bonchev–Trinajstić information content (AvgIpc) is 2.65. The van der Waals surface area contributed by atoms with E-state index in [1.54, 1.807) is 0 Å². The van der Waals surface area contributed by atoms with Gasteiger partial charge >= 0.3 is 0 Å². The molecule has 1 amide bonds. The van der Waals surface area contributed by atoms with Crippen LogP contribution in [0.1, 0.15) is 6.42 Å². The third-order valence-corrected chi connectivity index (χ3v) is 3.73. The fourth-order valence-corrected chi connectivity index (χ4v) is 2.53. The molecule has 17 heavy (non-hydrogen) atoms. The Morgan fingerprint density at radius 1 is 1.35 bits per heavy atom. The molecule has 1 atom stereocenters. The Morgan fingerprint density at radius 3 is 2.65 bits per heavy atom. The lowest BCUT2D eigenvalue weighted by Crippen LogP contribution is -2.25. The normalized spacial score (nSPS) is 20.1. The summed E-state index contributed by atoms with van der Waals surface area (Å²) >= 11 is 17.3. The minimum absolute atomic E-state index is 0.0562. The summed E-state index contributed by atoms with van der Waals surface area (Å²) in [5, 5.41) is 0.208. The molecule has 0 saturated carbocycles. The predicted molar refractivity (Wildman–Crippen MR) is 67.6 cm³/mol. The van der Waals surface area contributed by atoms with Crippen molar-refractivity contribution in [3.63, 3.8) is 0 Å². The largest absolute Gasteiger partial charge is 0.310 e. The number of alkyl halides is 1. The molecule has 0 N–H and O–H groups in total. The minimum Gasteiger partial charge on any atom is -0.310 e. The van der Waals surface area contributed by atoms with Crippen LogP contribution in [0.15, 0.2) is 12.1 Å². The molecule has 0 radical (unpaired) electrons. The highest BCUT2D eigenvalue weighted by atomic mass is 35.5. The molecule has 1 aromatic carbocycles. The zero-order valence-corrected chi connectivity index (χ0v) is 11.0. The summed E-state index contributed by atoms with van der Waals surface area (Å²) in [6, 6.07) is 2.48. The fourth-order valence-electron chi connectivity index (χ4n) is 1.84. The van der Waals surface area contributed by atoms with Crippen molar-refractivity contribution in [2.45, 2.75) is 6.42 Å². The van der Waals surface area contributed by atoms with E-state index in [4.69, 9.17) is 34.8 Å². The van der Waals surface area contributed by atoms with Crippen molar-refractivity contribution in [1.29, 1.82) is 0 Å². The number of halogens is 4. The third-order valence-electron chi connectivity index (χ3n) is 2.70. The van der Waals surface area contributed by atoms with Crippen molar-refractivity contribution in [2.75, 3.05) is 17.3 Å². The number of carbonyl (C=O) groups excluding carboxylic acids is 1. The summed E-state index contributed by atoms with van der Waals surface area (Å²) < 4.78 is 13.4. The number of nitrogens with zero attached hydrogens (tertiary/aromatic N) is 1. The van der Waals surface area contributed by atoms with Gasteiger partial charge in [-0.2, -0.15) is 0 Å². The Labute approximate surface area is 113 Å². The van der Waals surface area contributed by atoms with Gasteiger partial charge < -0.3 is 4.90 Å².